The van der Waals surface area contributed by atoms with E-state index in [4.69, 9.17) is 9.47 Å². The van der Waals surface area contributed by atoms with Crippen molar-refractivity contribution in [3.05, 3.63) is 16.6 Å². The van der Waals surface area contributed by atoms with Crippen molar-refractivity contribution in [2.75, 3.05) is 25.2 Å². The monoisotopic (exact) mass is 339 g/mol. The van der Waals surface area contributed by atoms with Crippen molar-refractivity contribution < 1.29 is 14.3 Å². The highest BCUT2D eigenvalue weighted by Crippen LogP contribution is 2.38. The van der Waals surface area contributed by atoms with Crippen LogP contribution in [0.2, 0.25) is 0 Å². The molecule has 0 aliphatic carbocycles. The van der Waals surface area contributed by atoms with Gasteiger partial charge in [-0.15, -0.1) is 0 Å². The zero-order valence-electron chi connectivity index (χ0n) is 10.7. The molecule has 1 fully saturated rings. The molecule has 6 nitrogen and oxygen atoms in total. The fourth-order valence-corrected chi connectivity index (χ4v) is 2.47. The minimum atomic E-state index is -0.114. The third-order valence-electron chi connectivity index (χ3n) is 3.08. The molecular weight excluding hydrogens is 326 g/mol. The van der Waals surface area contributed by atoms with Crippen LogP contribution in [0.1, 0.15) is 12.8 Å². The van der Waals surface area contributed by atoms with Crippen molar-refractivity contribution in [1.82, 2.24) is 5.32 Å². The van der Waals surface area contributed by atoms with E-state index in [-0.39, 0.29) is 5.91 Å². The molecule has 2 N–H and O–H groups in total. The molecule has 0 spiro atoms. The summed E-state index contributed by atoms with van der Waals surface area (Å²) in [5.41, 5.74) is 4.16. The smallest absolute Gasteiger partial charge is 0.267 e. The van der Waals surface area contributed by atoms with Crippen molar-refractivity contribution in [2.45, 2.75) is 12.8 Å². The van der Waals surface area contributed by atoms with E-state index in [0.717, 1.165) is 16.6 Å². The molecule has 2 aliphatic heterocycles. The molecule has 0 bridgehead atoms. The lowest BCUT2D eigenvalue weighted by atomic mass is 10.1. The number of hydrazone groups is 1. The lowest BCUT2D eigenvalue weighted by molar-refractivity contribution is -0.115. The number of hydrogen-bond donors (Lipinski definition) is 2. The number of halogens is 1. The molecule has 7 heteroatoms. The molecule has 2 heterocycles. The number of carbonyl (C=O) groups is 1. The van der Waals surface area contributed by atoms with E-state index in [0.29, 0.717) is 43.4 Å². The average molecular weight is 340 g/mol. The highest BCUT2D eigenvalue weighted by Gasteiger charge is 2.17. The molecule has 2 aliphatic rings. The fourth-order valence-electron chi connectivity index (χ4n) is 2.06. The van der Waals surface area contributed by atoms with Crippen LogP contribution in [0.15, 0.2) is 21.7 Å². The van der Waals surface area contributed by atoms with Gasteiger partial charge in [-0.25, -0.2) is 0 Å². The van der Waals surface area contributed by atoms with Gasteiger partial charge in [0.2, 0.25) is 0 Å². The van der Waals surface area contributed by atoms with Crippen LogP contribution in [-0.2, 0) is 4.79 Å². The SMILES string of the molecule is O=C1NCCC/C1=N/Nc1cc2c(cc1Br)OCCO2. The first-order chi connectivity index (χ1) is 9.74. The van der Waals surface area contributed by atoms with Crippen LogP contribution < -0.4 is 20.2 Å². The summed E-state index contributed by atoms with van der Waals surface area (Å²) in [7, 11) is 0. The normalized spacial score (nSPS) is 19.6. The van der Waals surface area contributed by atoms with Crippen LogP contribution in [0.5, 0.6) is 11.5 Å². The maximum atomic E-state index is 11.6. The van der Waals surface area contributed by atoms with Gasteiger partial charge < -0.3 is 14.8 Å². The predicted molar refractivity (Wildman–Crippen MR) is 78.4 cm³/mol. The molecule has 20 heavy (non-hydrogen) atoms. The Morgan fingerprint density at radius 3 is 2.75 bits per heavy atom. The van der Waals surface area contributed by atoms with Crippen molar-refractivity contribution in [3.63, 3.8) is 0 Å². The molecule has 106 valence electrons. The Morgan fingerprint density at radius 1 is 1.25 bits per heavy atom. The molecule has 3 rings (SSSR count). The number of anilines is 1. The van der Waals surface area contributed by atoms with Gasteiger partial charge in [-0.3, -0.25) is 10.2 Å². The second-order valence-corrected chi connectivity index (χ2v) is 5.36. The van der Waals surface area contributed by atoms with Gasteiger partial charge >= 0.3 is 0 Å². The molecule has 0 atom stereocenters. The van der Waals surface area contributed by atoms with E-state index in [2.05, 4.69) is 31.8 Å². The summed E-state index contributed by atoms with van der Waals surface area (Å²) in [6.45, 7) is 1.80. The largest absolute Gasteiger partial charge is 0.486 e. The van der Waals surface area contributed by atoms with Gasteiger partial charge in [0, 0.05) is 23.2 Å². The zero-order chi connectivity index (χ0) is 13.9. The number of benzene rings is 1. The molecule has 1 amide bonds. The Kier molecular flexibility index (Phi) is 3.77. The summed E-state index contributed by atoms with van der Waals surface area (Å²) in [6, 6.07) is 3.64. The van der Waals surface area contributed by atoms with Gasteiger partial charge in [0.05, 0.1) is 5.69 Å². The lowest BCUT2D eigenvalue weighted by Gasteiger charge is -2.20. The number of fused-ring (bicyclic) bond motifs is 1. The summed E-state index contributed by atoms with van der Waals surface area (Å²) in [6.07, 6.45) is 1.59. The molecule has 0 aromatic heterocycles. The van der Waals surface area contributed by atoms with Crippen LogP contribution in [0, 0.1) is 0 Å². The summed E-state index contributed by atoms with van der Waals surface area (Å²) in [5, 5.41) is 6.94. The number of nitrogens with zero attached hydrogens (tertiary/aromatic N) is 1. The highest BCUT2D eigenvalue weighted by molar-refractivity contribution is 9.10. The number of nitrogens with one attached hydrogen (secondary N) is 2. The Bertz CT molecular complexity index is 574. The fraction of sp³-hybridized carbons (Fsp3) is 0.385. The average Bonchev–Trinajstić information content (AvgIpc) is 2.46. The second kappa shape index (κ2) is 5.70. The number of amides is 1. The molecule has 0 radical (unpaired) electrons. The summed E-state index contributed by atoms with van der Waals surface area (Å²) in [5.74, 6) is 1.27. The number of carbonyl (C=O) groups excluding carboxylic acids is 1. The lowest BCUT2D eigenvalue weighted by Crippen LogP contribution is -2.37. The maximum absolute atomic E-state index is 11.6. The van der Waals surface area contributed by atoms with E-state index in [1.54, 1.807) is 0 Å². The number of hydrogen-bond acceptors (Lipinski definition) is 5. The van der Waals surface area contributed by atoms with Crippen LogP contribution in [0.4, 0.5) is 5.69 Å². The van der Waals surface area contributed by atoms with Crippen molar-refractivity contribution in [2.24, 2.45) is 5.10 Å². The van der Waals surface area contributed by atoms with E-state index < -0.39 is 0 Å². The van der Waals surface area contributed by atoms with Gasteiger partial charge in [-0.2, -0.15) is 5.10 Å². The number of piperidine rings is 1. The van der Waals surface area contributed by atoms with Gasteiger partial charge in [0.1, 0.15) is 18.9 Å². The standard InChI is InChI=1S/C13H14BrN3O3/c14-8-6-11-12(20-5-4-19-11)7-10(8)17-16-9-2-1-3-15-13(9)18/h6-7,17H,1-5H2,(H,15,18)/b16-9-. The van der Waals surface area contributed by atoms with E-state index in [1.807, 2.05) is 12.1 Å². The molecule has 0 saturated carbocycles. The third-order valence-corrected chi connectivity index (χ3v) is 3.74. The first-order valence-corrected chi connectivity index (χ1v) is 7.23. The summed E-state index contributed by atoms with van der Waals surface area (Å²) >= 11 is 3.45. The van der Waals surface area contributed by atoms with Crippen LogP contribution >= 0.6 is 15.9 Å². The van der Waals surface area contributed by atoms with Crippen molar-refractivity contribution in [3.8, 4) is 11.5 Å². The quantitative estimate of drug-likeness (QED) is 0.807. The molecule has 0 unspecified atom stereocenters. The van der Waals surface area contributed by atoms with Crippen LogP contribution in [0.25, 0.3) is 0 Å². The van der Waals surface area contributed by atoms with Crippen LogP contribution in [0.3, 0.4) is 0 Å². The Hall–Kier alpha value is -1.76. The number of rotatable bonds is 2. The minimum Gasteiger partial charge on any atom is -0.486 e. The summed E-state index contributed by atoms with van der Waals surface area (Å²) < 4.78 is 11.8. The van der Waals surface area contributed by atoms with E-state index in [9.17, 15) is 4.79 Å². The molecule has 1 aromatic carbocycles. The van der Waals surface area contributed by atoms with Gasteiger partial charge in [-0.05, 0) is 28.8 Å². The van der Waals surface area contributed by atoms with Crippen molar-refractivity contribution in [1.29, 1.82) is 0 Å². The van der Waals surface area contributed by atoms with Gasteiger partial charge in [-0.1, -0.05) is 0 Å². The second-order valence-electron chi connectivity index (χ2n) is 4.51. The molecular formula is C13H14BrN3O3. The minimum absolute atomic E-state index is 0.114. The topological polar surface area (TPSA) is 72.0 Å². The Morgan fingerprint density at radius 2 is 2.00 bits per heavy atom. The third kappa shape index (κ3) is 2.72. The highest BCUT2D eigenvalue weighted by atomic mass is 79.9. The van der Waals surface area contributed by atoms with E-state index in [1.165, 1.54) is 0 Å². The Balaban J connectivity index is 1.80. The van der Waals surface area contributed by atoms with E-state index >= 15 is 0 Å². The Labute approximate surface area is 124 Å². The van der Waals surface area contributed by atoms with Crippen LogP contribution in [-0.4, -0.2) is 31.4 Å². The zero-order valence-corrected chi connectivity index (χ0v) is 12.3. The first kappa shape index (κ1) is 13.2. The first-order valence-electron chi connectivity index (χ1n) is 6.44. The molecule has 1 saturated heterocycles. The van der Waals surface area contributed by atoms with Gasteiger partial charge in [0.25, 0.3) is 5.91 Å². The van der Waals surface area contributed by atoms with Gasteiger partial charge in [0.15, 0.2) is 11.5 Å². The molecule has 1 aromatic rings. The predicted octanol–water partition coefficient (Wildman–Crippen LogP) is 1.90. The number of ether oxygens (including phenoxy) is 2. The summed E-state index contributed by atoms with van der Waals surface area (Å²) in [4.78, 5) is 11.6. The maximum Gasteiger partial charge on any atom is 0.267 e. The van der Waals surface area contributed by atoms with Crippen molar-refractivity contribution >= 4 is 33.2 Å².